The van der Waals surface area contributed by atoms with Crippen molar-refractivity contribution >= 4 is 35.3 Å². The maximum atomic E-state index is 12.1. The van der Waals surface area contributed by atoms with Gasteiger partial charge in [-0.3, -0.25) is 9.59 Å². The predicted molar refractivity (Wildman–Crippen MR) is 121 cm³/mol. The first-order valence-corrected chi connectivity index (χ1v) is 9.80. The van der Waals surface area contributed by atoms with Gasteiger partial charge in [0, 0.05) is 33.3 Å². The van der Waals surface area contributed by atoms with Crippen molar-refractivity contribution in [2.24, 2.45) is 5.10 Å². The molecule has 0 atom stereocenters. The number of anilines is 1. The fourth-order valence-electron chi connectivity index (χ4n) is 3.17. The van der Waals surface area contributed by atoms with Gasteiger partial charge in [0.25, 0.3) is 0 Å². The predicted octanol–water partition coefficient (Wildman–Crippen LogP) is 4.45. The molecule has 154 valence electrons. The maximum absolute atomic E-state index is 12.1. The number of carbonyl (C=O) groups excluding carboxylic acids is 2. The topological polar surface area (TPSA) is 75.5 Å². The Labute approximate surface area is 180 Å². The summed E-state index contributed by atoms with van der Waals surface area (Å²) in [7, 11) is 0. The maximum Gasteiger partial charge on any atom is 0.329 e. The minimum Gasteiger partial charge on any atom is -0.318 e. The summed E-state index contributed by atoms with van der Waals surface area (Å²) in [6, 6.07) is 15.2. The summed E-state index contributed by atoms with van der Waals surface area (Å²) in [5, 5.41) is 7.05. The first kappa shape index (κ1) is 21.3. The van der Waals surface area contributed by atoms with E-state index in [9.17, 15) is 9.59 Å². The number of aryl methyl sites for hydroxylation is 3. The third-order valence-electron chi connectivity index (χ3n) is 4.78. The van der Waals surface area contributed by atoms with Crippen LogP contribution in [0.2, 0.25) is 5.02 Å². The molecule has 0 saturated carbocycles. The van der Waals surface area contributed by atoms with Crippen LogP contribution in [0, 0.1) is 27.7 Å². The normalized spacial score (nSPS) is 11.0. The molecule has 0 bridgehead atoms. The third kappa shape index (κ3) is 4.78. The van der Waals surface area contributed by atoms with Gasteiger partial charge in [-0.1, -0.05) is 29.3 Å². The zero-order valence-corrected chi connectivity index (χ0v) is 18.0. The molecule has 0 aliphatic rings. The second kappa shape index (κ2) is 8.97. The number of nitrogens with one attached hydrogen (secondary N) is 2. The largest absolute Gasteiger partial charge is 0.329 e. The van der Waals surface area contributed by atoms with Crippen LogP contribution >= 0.6 is 11.6 Å². The second-order valence-corrected chi connectivity index (χ2v) is 7.55. The molecule has 30 heavy (non-hydrogen) atoms. The summed E-state index contributed by atoms with van der Waals surface area (Å²) >= 11 is 5.90. The Hall–Kier alpha value is -3.38. The van der Waals surface area contributed by atoms with Crippen molar-refractivity contribution in [3.8, 4) is 5.69 Å². The zero-order chi connectivity index (χ0) is 21.8. The number of hydrogen-bond acceptors (Lipinski definition) is 3. The SMILES string of the molecule is Cc1ccc(-n2c(C)cc(/C=N\NC(=O)C(=O)Nc3ccc(Cl)cc3C)c2C)cc1. The number of aromatic nitrogens is 1. The van der Waals surface area contributed by atoms with Gasteiger partial charge in [-0.05, 0) is 69.7 Å². The quantitative estimate of drug-likeness (QED) is 0.370. The molecule has 2 aromatic carbocycles. The molecule has 2 N–H and O–H groups in total. The molecule has 7 heteroatoms. The Kier molecular flexibility index (Phi) is 6.37. The van der Waals surface area contributed by atoms with Crippen molar-refractivity contribution < 1.29 is 9.59 Å². The van der Waals surface area contributed by atoms with Crippen LogP contribution in [0.25, 0.3) is 5.69 Å². The van der Waals surface area contributed by atoms with Gasteiger partial charge in [-0.15, -0.1) is 0 Å². The van der Waals surface area contributed by atoms with Crippen LogP contribution in [0.5, 0.6) is 0 Å². The number of hydrazone groups is 1. The Balaban J connectivity index is 1.67. The number of amides is 2. The Bertz CT molecular complexity index is 1130. The van der Waals surface area contributed by atoms with Crippen molar-refractivity contribution in [2.75, 3.05) is 5.32 Å². The van der Waals surface area contributed by atoms with Crippen molar-refractivity contribution in [3.05, 3.63) is 81.6 Å². The molecule has 0 aliphatic carbocycles. The second-order valence-electron chi connectivity index (χ2n) is 7.11. The van der Waals surface area contributed by atoms with E-state index < -0.39 is 11.8 Å². The first-order valence-electron chi connectivity index (χ1n) is 9.43. The van der Waals surface area contributed by atoms with Crippen molar-refractivity contribution in [2.45, 2.75) is 27.7 Å². The number of hydrogen-bond donors (Lipinski definition) is 2. The van der Waals surface area contributed by atoms with E-state index in [0.717, 1.165) is 28.2 Å². The molecule has 0 saturated heterocycles. The number of nitrogens with zero attached hydrogens (tertiary/aromatic N) is 2. The third-order valence-corrected chi connectivity index (χ3v) is 5.01. The Morgan fingerprint density at radius 1 is 0.967 bits per heavy atom. The van der Waals surface area contributed by atoms with Gasteiger partial charge in [0.2, 0.25) is 0 Å². The van der Waals surface area contributed by atoms with Gasteiger partial charge in [0.1, 0.15) is 0 Å². The molecule has 0 spiro atoms. The molecule has 0 aliphatic heterocycles. The Morgan fingerprint density at radius 3 is 2.33 bits per heavy atom. The van der Waals surface area contributed by atoms with Crippen LogP contribution in [0.4, 0.5) is 5.69 Å². The van der Waals surface area contributed by atoms with Crippen molar-refractivity contribution in [3.63, 3.8) is 0 Å². The van der Waals surface area contributed by atoms with Crippen LogP contribution < -0.4 is 10.7 Å². The van der Waals surface area contributed by atoms with Gasteiger partial charge >= 0.3 is 11.8 Å². The van der Waals surface area contributed by atoms with Crippen LogP contribution in [0.1, 0.15) is 28.1 Å². The lowest BCUT2D eigenvalue weighted by Gasteiger charge is -2.09. The average Bonchev–Trinajstić information content (AvgIpc) is 2.98. The van der Waals surface area contributed by atoms with E-state index in [1.54, 1.807) is 25.1 Å². The Morgan fingerprint density at radius 2 is 1.67 bits per heavy atom. The van der Waals surface area contributed by atoms with Crippen LogP contribution in [-0.2, 0) is 9.59 Å². The average molecular weight is 423 g/mol. The van der Waals surface area contributed by atoms with E-state index in [0.29, 0.717) is 10.7 Å². The molecular formula is C23H23ClN4O2. The van der Waals surface area contributed by atoms with Crippen LogP contribution in [0.15, 0.2) is 53.6 Å². The number of carbonyl (C=O) groups is 2. The van der Waals surface area contributed by atoms with Crippen LogP contribution in [0.3, 0.4) is 0 Å². The van der Waals surface area contributed by atoms with E-state index in [-0.39, 0.29) is 0 Å². The van der Waals surface area contributed by atoms with E-state index >= 15 is 0 Å². The summed E-state index contributed by atoms with van der Waals surface area (Å²) in [6.45, 7) is 7.82. The minimum atomic E-state index is -0.854. The molecule has 0 unspecified atom stereocenters. The molecule has 0 fully saturated rings. The van der Waals surface area contributed by atoms with E-state index in [2.05, 4.69) is 44.7 Å². The highest BCUT2D eigenvalue weighted by Gasteiger charge is 2.14. The molecule has 2 amide bonds. The molecule has 1 aromatic heterocycles. The van der Waals surface area contributed by atoms with Gasteiger partial charge in [-0.25, -0.2) is 5.43 Å². The van der Waals surface area contributed by atoms with E-state index in [1.807, 2.05) is 26.8 Å². The lowest BCUT2D eigenvalue weighted by Crippen LogP contribution is -2.32. The highest BCUT2D eigenvalue weighted by atomic mass is 35.5. The van der Waals surface area contributed by atoms with Gasteiger partial charge in [0.05, 0.1) is 6.21 Å². The molecule has 3 aromatic rings. The summed E-state index contributed by atoms with van der Waals surface area (Å²) in [5.74, 6) is -1.66. The van der Waals surface area contributed by atoms with Crippen molar-refractivity contribution in [1.82, 2.24) is 9.99 Å². The zero-order valence-electron chi connectivity index (χ0n) is 17.3. The lowest BCUT2D eigenvalue weighted by atomic mass is 10.2. The molecule has 1 heterocycles. The lowest BCUT2D eigenvalue weighted by molar-refractivity contribution is -0.136. The van der Waals surface area contributed by atoms with Crippen molar-refractivity contribution in [1.29, 1.82) is 0 Å². The molecule has 6 nitrogen and oxygen atoms in total. The number of rotatable bonds is 4. The fourth-order valence-corrected chi connectivity index (χ4v) is 3.39. The monoisotopic (exact) mass is 422 g/mol. The number of halogens is 1. The molecule has 0 radical (unpaired) electrons. The smallest absolute Gasteiger partial charge is 0.318 e. The summed E-state index contributed by atoms with van der Waals surface area (Å²) in [4.78, 5) is 24.2. The van der Waals surface area contributed by atoms with Crippen LogP contribution in [-0.4, -0.2) is 22.6 Å². The standard InChI is InChI=1S/C23H23ClN4O2/c1-14-5-8-20(9-6-14)28-16(3)12-18(17(28)4)13-25-27-23(30)22(29)26-21-10-7-19(24)11-15(21)2/h5-13H,1-4H3,(H,26,29)(H,27,30)/b25-13-. The van der Waals surface area contributed by atoms with Gasteiger partial charge in [-0.2, -0.15) is 5.10 Å². The van der Waals surface area contributed by atoms with E-state index in [1.165, 1.54) is 11.8 Å². The fraction of sp³-hybridized carbons (Fsp3) is 0.174. The molecule has 3 rings (SSSR count). The summed E-state index contributed by atoms with van der Waals surface area (Å²) < 4.78 is 2.11. The highest BCUT2D eigenvalue weighted by Crippen LogP contribution is 2.21. The number of benzene rings is 2. The van der Waals surface area contributed by atoms with E-state index in [4.69, 9.17) is 11.6 Å². The summed E-state index contributed by atoms with van der Waals surface area (Å²) in [6.07, 6.45) is 1.53. The highest BCUT2D eigenvalue weighted by molar-refractivity contribution is 6.39. The minimum absolute atomic E-state index is 0.519. The van der Waals surface area contributed by atoms with Gasteiger partial charge < -0.3 is 9.88 Å². The van der Waals surface area contributed by atoms with Gasteiger partial charge in [0.15, 0.2) is 0 Å². The molecular weight excluding hydrogens is 400 g/mol. The first-order chi connectivity index (χ1) is 14.3. The summed E-state index contributed by atoms with van der Waals surface area (Å²) in [5.41, 5.74) is 8.67.